The highest BCUT2D eigenvalue weighted by molar-refractivity contribution is 7.44. The lowest BCUT2D eigenvalue weighted by Gasteiger charge is -2.50. The molecule has 0 amide bonds. The van der Waals surface area contributed by atoms with E-state index in [0.29, 0.717) is 23.5 Å². The van der Waals surface area contributed by atoms with Crippen LogP contribution < -0.4 is 20.7 Å². The predicted molar refractivity (Wildman–Crippen MR) is 202 cm³/mol. The third kappa shape index (κ3) is 8.33. The second-order valence-corrected chi connectivity index (χ2v) is 14.9. The van der Waals surface area contributed by atoms with Gasteiger partial charge in [0.05, 0.1) is 46.0 Å². The van der Waals surface area contributed by atoms with Crippen LogP contribution in [0.15, 0.2) is 94.6 Å². The lowest BCUT2D eigenvalue weighted by atomic mass is 9.74. The normalized spacial score (nSPS) is 17.9. The smallest absolute Gasteiger partial charge is 0.328 e. The number of aromatic nitrogens is 2. The Morgan fingerprint density at radius 2 is 1.44 bits per heavy atom. The highest BCUT2D eigenvalue weighted by Crippen LogP contribution is 2.52. The fraction of sp³-hybridized carbons (Fsp3) is 0.425. The molecule has 276 valence electrons. The van der Waals surface area contributed by atoms with Crippen molar-refractivity contribution in [1.82, 2.24) is 14.2 Å². The number of nitrogens with one attached hydrogen (secondary N) is 1. The first-order chi connectivity index (χ1) is 25.0. The number of nitriles is 1. The number of benzene rings is 3. The number of aryl methyl sites for hydroxylation is 1. The van der Waals surface area contributed by atoms with Gasteiger partial charge < -0.3 is 23.3 Å². The summed E-state index contributed by atoms with van der Waals surface area (Å²) in [6.07, 6.45) is 1.93. The predicted octanol–water partition coefficient (Wildman–Crippen LogP) is 7.09. The van der Waals surface area contributed by atoms with Gasteiger partial charge in [-0.05, 0) is 82.0 Å². The molecular weight excluding hydrogens is 679 g/mol. The van der Waals surface area contributed by atoms with E-state index in [0.717, 1.165) is 16.7 Å². The minimum Gasteiger partial charge on any atom is -0.497 e. The SMILES string of the molecule is COc1ccc(C(O[C@H]2C[C@@H](n3cc(C)c(=O)[nH]c3=O)[C@@H]2COP(OCCC#N)N(C(C)C)C(C)C)(c2ccccc2)c2ccc(OC)cc2)cc1. The molecule has 1 N–H and O–H groups in total. The molecule has 1 fully saturated rings. The molecule has 1 aromatic heterocycles. The molecule has 1 aliphatic rings. The van der Waals surface area contributed by atoms with E-state index < -0.39 is 31.5 Å². The van der Waals surface area contributed by atoms with E-state index in [1.165, 1.54) is 0 Å². The van der Waals surface area contributed by atoms with Crippen molar-refractivity contribution in [3.63, 3.8) is 0 Å². The van der Waals surface area contributed by atoms with Crippen molar-refractivity contribution in [2.24, 2.45) is 5.92 Å². The Hall–Kier alpha value is -4.30. The van der Waals surface area contributed by atoms with Crippen LogP contribution in [0.5, 0.6) is 11.5 Å². The first-order valence-electron chi connectivity index (χ1n) is 17.6. The molecule has 3 aromatic carbocycles. The number of hydrogen-bond donors (Lipinski definition) is 1. The molecule has 11 nitrogen and oxygen atoms in total. The van der Waals surface area contributed by atoms with Gasteiger partial charge >= 0.3 is 5.69 Å². The van der Waals surface area contributed by atoms with Gasteiger partial charge in [0.1, 0.15) is 17.1 Å². The second-order valence-electron chi connectivity index (χ2n) is 13.4. The molecule has 52 heavy (non-hydrogen) atoms. The summed E-state index contributed by atoms with van der Waals surface area (Å²) in [5.41, 5.74) is 1.14. The minimum atomic E-state index is -1.57. The van der Waals surface area contributed by atoms with Crippen molar-refractivity contribution >= 4 is 8.53 Å². The molecule has 0 saturated heterocycles. The number of aromatic amines is 1. The summed E-state index contributed by atoms with van der Waals surface area (Å²) in [5, 5.41) is 9.25. The van der Waals surface area contributed by atoms with Crippen LogP contribution in [0.25, 0.3) is 0 Å². The molecule has 5 rings (SSSR count). The average Bonchev–Trinajstić information content (AvgIpc) is 3.13. The van der Waals surface area contributed by atoms with Crippen LogP contribution in [0.2, 0.25) is 0 Å². The lowest BCUT2D eigenvalue weighted by molar-refractivity contribution is -0.149. The zero-order valence-electron chi connectivity index (χ0n) is 30.9. The van der Waals surface area contributed by atoms with Crippen molar-refractivity contribution in [2.75, 3.05) is 27.4 Å². The summed E-state index contributed by atoms with van der Waals surface area (Å²) in [6.45, 7) is 10.5. The highest BCUT2D eigenvalue weighted by atomic mass is 31.2. The van der Waals surface area contributed by atoms with E-state index in [2.05, 4.69) is 55.6 Å². The van der Waals surface area contributed by atoms with Gasteiger partial charge in [-0.3, -0.25) is 14.3 Å². The maximum absolute atomic E-state index is 13.3. The van der Waals surface area contributed by atoms with Gasteiger partial charge in [0.2, 0.25) is 0 Å². The molecule has 4 aromatic rings. The average molecular weight is 729 g/mol. The molecule has 4 atom stereocenters. The monoisotopic (exact) mass is 728 g/mol. The van der Waals surface area contributed by atoms with Crippen LogP contribution in [0.4, 0.5) is 0 Å². The third-order valence-electron chi connectivity index (χ3n) is 9.49. The summed E-state index contributed by atoms with van der Waals surface area (Å²) in [5.74, 6) is 1.11. The topological polar surface area (TPSA) is 128 Å². The van der Waals surface area contributed by atoms with Crippen LogP contribution in [-0.2, 0) is 19.4 Å². The molecular formula is C40H49N4O7P. The molecule has 1 unspecified atom stereocenters. The molecule has 0 bridgehead atoms. The number of hydrogen-bond acceptors (Lipinski definition) is 9. The van der Waals surface area contributed by atoms with Gasteiger partial charge in [-0.25, -0.2) is 9.46 Å². The standard InChI is InChI=1S/C40H49N4O7P/c1-27(2)44(28(3)4)52(49-23-11-22-41)50-26-35-36(43-25-29(5)38(45)42-39(43)46)24-37(35)51-40(30-12-9-8-10-13-30,31-14-18-33(47-6)19-15-31)32-16-20-34(48-7)21-17-32/h8-10,12-21,25,27-28,35-37H,11,23-24,26H2,1-7H3,(H,42,45,46)/t35-,36+,37-,52?/m0/s1. The molecule has 1 saturated carbocycles. The van der Waals surface area contributed by atoms with E-state index in [1.54, 1.807) is 31.9 Å². The Morgan fingerprint density at radius 1 is 0.885 bits per heavy atom. The van der Waals surface area contributed by atoms with Crippen LogP contribution in [0.1, 0.15) is 68.8 Å². The van der Waals surface area contributed by atoms with Crippen LogP contribution in [0.3, 0.4) is 0 Å². The summed E-state index contributed by atoms with van der Waals surface area (Å²) in [4.78, 5) is 28.1. The Morgan fingerprint density at radius 3 is 1.96 bits per heavy atom. The van der Waals surface area contributed by atoms with Crippen molar-refractivity contribution in [3.8, 4) is 17.6 Å². The van der Waals surface area contributed by atoms with Gasteiger partial charge in [0.15, 0.2) is 0 Å². The highest BCUT2D eigenvalue weighted by Gasteiger charge is 2.50. The van der Waals surface area contributed by atoms with Gasteiger partial charge in [-0.15, -0.1) is 0 Å². The molecule has 1 aliphatic carbocycles. The van der Waals surface area contributed by atoms with Crippen LogP contribution in [0, 0.1) is 24.2 Å². The summed E-state index contributed by atoms with van der Waals surface area (Å²) in [6, 6.07) is 27.8. The fourth-order valence-electron chi connectivity index (χ4n) is 6.86. The first-order valence-corrected chi connectivity index (χ1v) is 18.7. The van der Waals surface area contributed by atoms with E-state index in [1.807, 2.05) is 66.7 Å². The molecule has 0 radical (unpaired) electrons. The van der Waals surface area contributed by atoms with Crippen LogP contribution in [-0.4, -0.2) is 59.8 Å². The summed E-state index contributed by atoms with van der Waals surface area (Å²) >= 11 is 0. The largest absolute Gasteiger partial charge is 0.497 e. The molecule has 0 spiro atoms. The number of ether oxygens (including phenoxy) is 3. The minimum absolute atomic E-state index is 0.109. The Balaban J connectivity index is 1.62. The van der Waals surface area contributed by atoms with Crippen molar-refractivity contribution < 1.29 is 23.3 Å². The van der Waals surface area contributed by atoms with Gasteiger partial charge in [0, 0.05) is 35.8 Å². The van der Waals surface area contributed by atoms with Gasteiger partial charge in [0.25, 0.3) is 14.1 Å². The Kier molecular flexibility index (Phi) is 13.1. The number of H-pyrrole nitrogens is 1. The van der Waals surface area contributed by atoms with E-state index in [9.17, 15) is 14.9 Å². The Bertz CT molecular complexity index is 1850. The van der Waals surface area contributed by atoms with Crippen molar-refractivity contribution in [2.45, 2.75) is 77.3 Å². The van der Waals surface area contributed by atoms with Crippen molar-refractivity contribution in [1.29, 1.82) is 5.26 Å². The summed E-state index contributed by atoms with van der Waals surface area (Å²) < 4.78 is 35.2. The lowest BCUT2D eigenvalue weighted by Crippen LogP contribution is -2.53. The zero-order chi connectivity index (χ0) is 37.4. The summed E-state index contributed by atoms with van der Waals surface area (Å²) in [7, 11) is 1.71. The van der Waals surface area contributed by atoms with E-state index in [4.69, 9.17) is 23.3 Å². The van der Waals surface area contributed by atoms with Crippen molar-refractivity contribution in [3.05, 3.63) is 128 Å². The third-order valence-corrected chi connectivity index (χ3v) is 11.6. The number of rotatable bonds is 17. The van der Waals surface area contributed by atoms with Gasteiger partial charge in [-0.1, -0.05) is 54.6 Å². The Labute approximate surface area is 307 Å². The quantitative estimate of drug-likeness (QED) is 0.0689. The van der Waals surface area contributed by atoms with Gasteiger partial charge in [-0.2, -0.15) is 5.26 Å². The zero-order valence-corrected chi connectivity index (χ0v) is 31.8. The van der Waals surface area contributed by atoms with E-state index >= 15 is 0 Å². The maximum atomic E-state index is 13.3. The van der Waals surface area contributed by atoms with E-state index in [-0.39, 0.29) is 43.7 Å². The molecule has 12 heteroatoms. The molecule has 1 heterocycles. The first kappa shape index (κ1) is 38.9. The maximum Gasteiger partial charge on any atom is 0.328 e. The van der Waals surface area contributed by atoms with Crippen LogP contribution >= 0.6 is 8.53 Å². The second kappa shape index (κ2) is 17.5. The molecule has 0 aliphatic heterocycles. The fourth-order valence-corrected chi connectivity index (χ4v) is 8.51. The number of nitrogens with zero attached hydrogens (tertiary/aromatic N) is 3. The number of methoxy groups -OCH3 is 2.